The Kier molecular flexibility index (Phi) is 6.53. The maximum absolute atomic E-state index is 13.2. The van der Waals surface area contributed by atoms with Crippen LogP contribution >= 0.6 is 0 Å². The van der Waals surface area contributed by atoms with Crippen molar-refractivity contribution in [3.8, 4) is 0 Å². The molecule has 30 heavy (non-hydrogen) atoms. The monoisotopic (exact) mass is 498 g/mol. The van der Waals surface area contributed by atoms with Crippen molar-refractivity contribution in [2.24, 2.45) is 0 Å². The molecule has 0 saturated heterocycles. The van der Waals surface area contributed by atoms with Gasteiger partial charge in [0.05, 0.1) is 6.42 Å². The minimum absolute atomic E-state index is 1.22. The molecule has 0 aliphatic heterocycles. The van der Waals surface area contributed by atoms with Gasteiger partial charge in [0.15, 0.2) is 0 Å². The second-order valence-corrected chi connectivity index (χ2v) is 5.84. The summed E-state index contributed by atoms with van der Waals surface area (Å²) in [6.45, 7) is -1.22. The summed E-state index contributed by atoms with van der Waals surface area (Å²) >= 11 is 0. The van der Waals surface area contributed by atoms with Gasteiger partial charge in [-0.25, -0.2) is 0 Å². The van der Waals surface area contributed by atoms with Crippen molar-refractivity contribution < 1.29 is 83.4 Å². The van der Waals surface area contributed by atoms with Crippen molar-refractivity contribution in [3.63, 3.8) is 0 Å². The van der Waals surface area contributed by atoms with Crippen LogP contribution in [0.4, 0.5) is 83.4 Å². The molecule has 0 aromatic rings. The maximum Gasteiger partial charge on any atom is 0.460 e. The maximum atomic E-state index is 13.2. The molecule has 0 saturated carbocycles. The smallest absolute Gasteiger partial charge is 0.200 e. The molecule has 0 spiro atoms. The quantitative estimate of drug-likeness (QED) is 0.315. The van der Waals surface area contributed by atoms with Gasteiger partial charge in [-0.1, -0.05) is 0 Å². The van der Waals surface area contributed by atoms with Gasteiger partial charge in [-0.15, -0.1) is 0 Å². The van der Waals surface area contributed by atoms with Crippen LogP contribution in [0.5, 0.6) is 0 Å². The zero-order valence-electron chi connectivity index (χ0n) is 13.4. The van der Waals surface area contributed by atoms with Crippen molar-refractivity contribution in [2.45, 2.75) is 66.9 Å². The Bertz CT molecular complexity index is 617. The standard InChI is InChI=1S/C11H5F19/c1-3(12,13)6(18,19)9(24,25)7(20,21)4(14,15)2-5(16,17)8(22,23)10(26,27)11(28,29)30/h2H2,1H3. The molecule has 0 heterocycles. The van der Waals surface area contributed by atoms with Crippen molar-refractivity contribution in [2.75, 3.05) is 0 Å². The van der Waals surface area contributed by atoms with Crippen LogP contribution in [0.25, 0.3) is 0 Å². The first-order valence-electron chi connectivity index (χ1n) is 6.55. The van der Waals surface area contributed by atoms with Crippen LogP contribution < -0.4 is 0 Å². The first kappa shape index (κ1) is 28.7. The summed E-state index contributed by atoms with van der Waals surface area (Å²) < 4.78 is 241. The van der Waals surface area contributed by atoms with Crippen LogP contribution in [-0.2, 0) is 0 Å². The second-order valence-electron chi connectivity index (χ2n) is 5.84. The van der Waals surface area contributed by atoms with E-state index in [1.54, 1.807) is 0 Å². The minimum Gasteiger partial charge on any atom is -0.200 e. The van der Waals surface area contributed by atoms with Gasteiger partial charge in [0.1, 0.15) is 0 Å². The Morgan fingerprint density at radius 1 is 0.367 bits per heavy atom. The van der Waals surface area contributed by atoms with E-state index in [9.17, 15) is 83.4 Å². The number of hydrogen-bond acceptors (Lipinski definition) is 0. The number of halogens is 19. The topological polar surface area (TPSA) is 0 Å². The first-order valence-corrected chi connectivity index (χ1v) is 6.55. The molecule has 0 atom stereocenters. The molecule has 0 aliphatic rings. The van der Waals surface area contributed by atoms with Crippen LogP contribution in [0.1, 0.15) is 13.3 Å². The Labute approximate surface area is 152 Å². The molecule has 19 heteroatoms. The van der Waals surface area contributed by atoms with Crippen molar-refractivity contribution >= 4 is 0 Å². The normalized spacial score (nSPS) is 16.8. The molecule has 182 valence electrons. The highest BCUT2D eigenvalue weighted by molar-refractivity contribution is 5.10. The van der Waals surface area contributed by atoms with Gasteiger partial charge in [0.2, 0.25) is 0 Å². The highest BCUT2D eigenvalue weighted by atomic mass is 19.4. The van der Waals surface area contributed by atoms with Gasteiger partial charge in [-0.3, -0.25) is 0 Å². The highest BCUT2D eigenvalue weighted by Crippen LogP contribution is 2.61. The lowest BCUT2D eigenvalue weighted by atomic mass is 9.89. The van der Waals surface area contributed by atoms with E-state index in [-0.39, 0.29) is 0 Å². The van der Waals surface area contributed by atoms with Crippen LogP contribution in [0, 0.1) is 0 Å². The zero-order valence-corrected chi connectivity index (χ0v) is 13.4. The summed E-state index contributed by atoms with van der Waals surface area (Å²) in [4.78, 5) is 0. The lowest BCUT2D eigenvalue weighted by Crippen LogP contribution is -2.69. The molecule has 0 rings (SSSR count). The van der Waals surface area contributed by atoms with E-state index in [1.807, 2.05) is 0 Å². The third kappa shape index (κ3) is 3.84. The number of rotatable bonds is 8. The van der Waals surface area contributed by atoms with Crippen molar-refractivity contribution in [3.05, 3.63) is 0 Å². The van der Waals surface area contributed by atoms with E-state index in [1.165, 1.54) is 0 Å². The van der Waals surface area contributed by atoms with Crippen LogP contribution in [0.2, 0.25) is 0 Å². The van der Waals surface area contributed by atoms with E-state index in [0.29, 0.717) is 0 Å². The fourth-order valence-corrected chi connectivity index (χ4v) is 1.61. The molecule has 0 fully saturated rings. The third-order valence-corrected chi connectivity index (χ3v) is 3.45. The van der Waals surface area contributed by atoms with E-state index in [4.69, 9.17) is 0 Å². The van der Waals surface area contributed by atoms with E-state index in [0.717, 1.165) is 0 Å². The molecule has 0 radical (unpaired) electrons. The molecular formula is C11H5F19. The molecule has 0 N–H and O–H groups in total. The minimum atomic E-state index is -8.07. The molecule has 0 aromatic heterocycles. The largest absolute Gasteiger partial charge is 0.460 e. The number of alkyl halides is 19. The van der Waals surface area contributed by atoms with Crippen LogP contribution in [0.3, 0.4) is 0 Å². The summed E-state index contributed by atoms with van der Waals surface area (Å²) in [5, 5.41) is 0. The molecule has 0 nitrogen and oxygen atoms in total. The summed E-state index contributed by atoms with van der Waals surface area (Å²) in [5.74, 6) is -60.9. The molecular weight excluding hydrogens is 493 g/mol. The second kappa shape index (κ2) is 6.83. The van der Waals surface area contributed by atoms with Crippen LogP contribution in [0.15, 0.2) is 0 Å². The summed E-state index contributed by atoms with van der Waals surface area (Å²) in [6, 6.07) is 0. The fourth-order valence-electron chi connectivity index (χ4n) is 1.61. The predicted octanol–water partition coefficient (Wildman–Crippen LogP) is 7.04. The van der Waals surface area contributed by atoms with Gasteiger partial charge in [-0.2, -0.15) is 83.4 Å². The summed E-state index contributed by atoms with van der Waals surface area (Å²) in [5.41, 5.74) is 0. The Morgan fingerprint density at radius 3 is 0.867 bits per heavy atom. The molecule has 0 aromatic carbocycles. The Morgan fingerprint density at radius 2 is 0.633 bits per heavy atom. The van der Waals surface area contributed by atoms with E-state index in [2.05, 4.69) is 0 Å². The fraction of sp³-hybridized carbons (Fsp3) is 1.00. The SMILES string of the molecule is CC(F)(F)C(F)(F)C(F)(F)C(F)(F)C(F)(F)CC(F)(F)C(F)(F)C(F)(F)C(F)(F)F. The van der Waals surface area contributed by atoms with Crippen molar-refractivity contribution in [1.82, 2.24) is 0 Å². The average molecular weight is 498 g/mol. The summed E-state index contributed by atoms with van der Waals surface area (Å²) in [7, 11) is 0. The van der Waals surface area contributed by atoms with Gasteiger partial charge < -0.3 is 0 Å². The summed E-state index contributed by atoms with van der Waals surface area (Å²) in [6.07, 6.45) is -12.6. The average Bonchev–Trinajstić information content (AvgIpc) is 2.42. The molecule has 0 aliphatic carbocycles. The highest BCUT2D eigenvalue weighted by Gasteiger charge is 2.88. The van der Waals surface area contributed by atoms with E-state index < -0.39 is 66.9 Å². The van der Waals surface area contributed by atoms with Crippen molar-refractivity contribution in [1.29, 1.82) is 0 Å². The van der Waals surface area contributed by atoms with E-state index >= 15 is 0 Å². The molecule has 0 bridgehead atoms. The first-order chi connectivity index (χ1) is 12.5. The Balaban J connectivity index is 6.41. The number of hydrogen-bond donors (Lipinski definition) is 0. The molecule has 0 amide bonds. The van der Waals surface area contributed by atoms with Gasteiger partial charge >= 0.3 is 53.6 Å². The zero-order chi connectivity index (χ0) is 25.2. The Hall–Kier alpha value is -1.33. The lowest BCUT2D eigenvalue weighted by molar-refractivity contribution is -0.422. The van der Waals surface area contributed by atoms with Crippen LogP contribution in [-0.4, -0.2) is 53.6 Å². The van der Waals surface area contributed by atoms with Gasteiger partial charge in [0.25, 0.3) is 0 Å². The van der Waals surface area contributed by atoms with Gasteiger partial charge in [-0.05, 0) is 0 Å². The molecule has 0 unspecified atom stereocenters. The lowest BCUT2D eigenvalue weighted by Gasteiger charge is -2.40. The third-order valence-electron chi connectivity index (χ3n) is 3.45. The predicted molar refractivity (Wildman–Crippen MR) is 55.9 cm³/mol. The van der Waals surface area contributed by atoms with Gasteiger partial charge in [0, 0.05) is 6.92 Å².